The molecule has 0 amide bonds. The van der Waals surface area contributed by atoms with Crippen LogP contribution in [0.2, 0.25) is 0 Å². The minimum Gasteiger partial charge on any atom is -0.320 e. The largest absolute Gasteiger partial charge is 0.320 e. The number of benzene rings is 1. The van der Waals surface area contributed by atoms with Crippen molar-refractivity contribution in [1.82, 2.24) is 10.6 Å². The predicted octanol–water partition coefficient (Wildman–Crippen LogP) is 2.26. The van der Waals surface area contributed by atoms with Crippen molar-refractivity contribution < 1.29 is 0 Å². The quantitative estimate of drug-likeness (QED) is 0.698. The van der Waals surface area contributed by atoms with Gasteiger partial charge in [-0.1, -0.05) is 24.3 Å². The van der Waals surface area contributed by atoms with Crippen molar-refractivity contribution in [3.63, 3.8) is 0 Å². The van der Waals surface area contributed by atoms with E-state index in [1.807, 2.05) is 7.05 Å². The molecule has 0 bridgehead atoms. The highest BCUT2D eigenvalue weighted by Crippen LogP contribution is 2.16. The summed E-state index contributed by atoms with van der Waals surface area (Å²) in [6, 6.07) is 9.01. The van der Waals surface area contributed by atoms with Crippen LogP contribution in [0.15, 0.2) is 24.3 Å². The van der Waals surface area contributed by atoms with E-state index < -0.39 is 0 Å². The summed E-state index contributed by atoms with van der Waals surface area (Å²) in [5.74, 6) is 0. The van der Waals surface area contributed by atoms with Gasteiger partial charge in [-0.05, 0) is 51.5 Å². The van der Waals surface area contributed by atoms with Crippen LogP contribution in [0.5, 0.6) is 0 Å². The van der Waals surface area contributed by atoms with Gasteiger partial charge >= 0.3 is 0 Å². The minimum absolute atomic E-state index is 0.447. The molecular formula is C13H22N2. The van der Waals surface area contributed by atoms with Gasteiger partial charge in [-0.3, -0.25) is 0 Å². The van der Waals surface area contributed by atoms with Crippen LogP contribution in [0.1, 0.15) is 30.5 Å². The van der Waals surface area contributed by atoms with Crippen molar-refractivity contribution >= 4 is 0 Å². The van der Waals surface area contributed by atoms with E-state index in [0.717, 1.165) is 13.1 Å². The van der Waals surface area contributed by atoms with E-state index >= 15 is 0 Å². The van der Waals surface area contributed by atoms with E-state index in [-0.39, 0.29) is 0 Å². The Balaban J connectivity index is 2.40. The Morgan fingerprint density at radius 2 is 1.93 bits per heavy atom. The van der Waals surface area contributed by atoms with Gasteiger partial charge in [-0.25, -0.2) is 0 Å². The summed E-state index contributed by atoms with van der Waals surface area (Å²) in [4.78, 5) is 0. The number of hydrogen-bond donors (Lipinski definition) is 2. The molecule has 2 heteroatoms. The molecule has 2 N–H and O–H groups in total. The van der Waals surface area contributed by atoms with Gasteiger partial charge in [0.25, 0.3) is 0 Å². The lowest BCUT2D eigenvalue weighted by atomic mass is 10.0. The van der Waals surface area contributed by atoms with Crippen LogP contribution in [-0.4, -0.2) is 20.1 Å². The molecule has 0 aromatic heterocycles. The lowest BCUT2D eigenvalue weighted by Crippen LogP contribution is -2.23. The smallest absolute Gasteiger partial charge is 0.0294 e. The highest BCUT2D eigenvalue weighted by molar-refractivity contribution is 5.28. The molecular weight excluding hydrogens is 184 g/mol. The Morgan fingerprint density at radius 1 is 1.20 bits per heavy atom. The molecule has 1 unspecified atom stereocenters. The van der Waals surface area contributed by atoms with E-state index in [9.17, 15) is 0 Å². The number of hydrogen-bond acceptors (Lipinski definition) is 2. The molecule has 1 rings (SSSR count). The summed E-state index contributed by atoms with van der Waals surface area (Å²) in [5.41, 5.74) is 2.77. The van der Waals surface area contributed by atoms with Crippen LogP contribution in [-0.2, 0) is 0 Å². The summed E-state index contributed by atoms with van der Waals surface area (Å²) < 4.78 is 0. The fourth-order valence-corrected chi connectivity index (χ4v) is 1.77. The fourth-order valence-electron chi connectivity index (χ4n) is 1.77. The van der Waals surface area contributed by atoms with E-state index in [1.165, 1.54) is 17.5 Å². The third kappa shape index (κ3) is 4.02. The molecule has 0 fully saturated rings. The van der Waals surface area contributed by atoms with Crippen molar-refractivity contribution in [2.45, 2.75) is 26.3 Å². The summed E-state index contributed by atoms with van der Waals surface area (Å²) >= 11 is 0. The second-order valence-electron chi connectivity index (χ2n) is 3.99. The Bertz CT molecular complexity index is 284. The van der Waals surface area contributed by atoms with E-state index in [1.54, 1.807) is 0 Å². The third-order valence-electron chi connectivity index (χ3n) is 2.71. The van der Waals surface area contributed by atoms with Crippen LogP contribution < -0.4 is 10.6 Å². The molecule has 0 saturated carbocycles. The summed E-state index contributed by atoms with van der Waals surface area (Å²) in [6.07, 6.45) is 1.17. The highest BCUT2D eigenvalue weighted by atomic mass is 14.9. The van der Waals surface area contributed by atoms with Gasteiger partial charge in [0.2, 0.25) is 0 Å². The average molecular weight is 206 g/mol. The van der Waals surface area contributed by atoms with Crippen molar-refractivity contribution in [3.8, 4) is 0 Å². The lowest BCUT2D eigenvalue weighted by molar-refractivity contribution is 0.548. The number of nitrogens with one attached hydrogen (secondary N) is 2. The predicted molar refractivity (Wildman–Crippen MR) is 66.1 cm³/mol. The van der Waals surface area contributed by atoms with Crippen LogP contribution in [0.25, 0.3) is 0 Å². The van der Waals surface area contributed by atoms with Crippen molar-refractivity contribution in [1.29, 1.82) is 0 Å². The van der Waals surface area contributed by atoms with Crippen LogP contribution in [0.4, 0.5) is 0 Å². The molecule has 1 aromatic carbocycles. The second kappa shape index (κ2) is 6.59. The van der Waals surface area contributed by atoms with Crippen molar-refractivity contribution in [3.05, 3.63) is 35.4 Å². The third-order valence-corrected chi connectivity index (χ3v) is 2.71. The summed E-state index contributed by atoms with van der Waals surface area (Å²) in [7, 11) is 1.99. The lowest BCUT2D eigenvalue weighted by Gasteiger charge is -2.16. The summed E-state index contributed by atoms with van der Waals surface area (Å²) in [6.45, 7) is 6.53. The topological polar surface area (TPSA) is 24.1 Å². The van der Waals surface area contributed by atoms with Gasteiger partial charge in [-0.2, -0.15) is 0 Å². The average Bonchev–Trinajstić information content (AvgIpc) is 2.25. The molecule has 84 valence electrons. The Morgan fingerprint density at radius 3 is 2.60 bits per heavy atom. The minimum atomic E-state index is 0.447. The maximum absolute atomic E-state index is 3.53. The van der Waals surface area contributed by atoms with Crippen molar-refractivity contribution in [2.24, 2.45) is 0 Å². The SMILES string of the molecule is CNCCCNC(C)c1ccccc1C. The van der Waals surface area contributed by atoms with Crippen LogP contribution in [0, 0.1) is 6.92 Å². The van der Waals surface area contributed by atoms with E-state index in [4.69, 9.17) is 0 Å². The van der Waals surface area contributed by atoms with E-state index in [0.29, 0.717) is 6.04 Å². The molecule has 0 aliphatic carbocycles. The van der Waals surface area contributed by atoms with Gasteiger partial charge in [0, 0.05) is 6.04 Å². The molecule has 1 atom stereocenters. The molecule has 1 aromatic rings. The molecule has 0 radical (unpaired) electrons. The first-order chi connectivity index (χ1) is 7.25. The maximum Gasteiger partial charge on any atom is 0.0294 e. The van der Waals surface area contributed by atoms with Gasteiger partial charge in [0.1, 0.15) is 0 Å². The van der Waals surface area contributed by atoms with Crippen molar-refractivity contribution in [2.75, 3.05) is 20.1 Å². The van der Waals surface area contributed by atoms with Crippen LogP contribution >= 0.6 is 0 Å². The first-order valence-electron chi connectivity index (χ1n) is 5.69. The highest BCUT2D eigenvalue weighted by Gasteiger charge is 2.05. The Kier molecular flexibility index (Phi) is 5.37. The van der Waals surface area contributed by atoms with Gasteiger partial charge in [-0.15, -0.1) is 0 Å². The first-order valence-corrected chi connectivity index (χ1v) is 5.69. The standard InChI is InChI=1S/C13H22N2/c1-11-7-4-5-8-13(11)12(2)15-10-6-9-14-3/h4-5,7-8,12,14-15H,6,9-10H2,1-3H3. The van der Waals surface area contributed by atoms with Gasteiger partial charge in [0.05, 0.1) is 0 Å². The maximum atomic E-state index is 3.53. The van der Waals surface area contributed by atoms with Gasteiger partial charge in [0.15, 0.2) is 0 Å². The molecule has 15 heavy (non-hydrogen) atoms. The zero-order chi connectivity index (χ0) is 11.1. The van der Waals surface area contributed by atoms with Gasteiger partial charge < -0.3 is 10.6 Å². The first kappa shape index (κ1) is 12.2. The zero-order valence-electron chi connectivity index (χ0n) is 10.0. The number of rotatable bonds is 6. The van der Waals surface area contributed by atoms with Crippen LogP contribution in [0.3, 0.4) is 0 Å². The molecule has 2 nitrogen and oxygen atoms in total. The fraction of sp³-hybridized carbons (Fsp3) is 0.538. The zero-order valence-corrected chi connectivity index (χ0v) is 10.0. The molecule has 0 aliphatic rings. The molecule has 0 spiro atoms. The normalized spacial score (nSPS) is 12.7. The molecule has 0 aliphatic heterocycles. The Labute approximate surface area is 93.1 Å². The molecule has 0 saturated heterocycles. The summed E-state index contributed by atoms with van der Waals surface area (Å²) in [5, 5.41) is 6.69. The monoisotopic (exact) mass is 206 g/mol. The molecule has 0 heterocycles. The van der Waals surface area contributed by atoms with E-state index in [2.05, 4.69) is 48.7 Å². The second-order valence-corrected chi connectivity index (χ2v) is 3.99. The Hall–Kier alpha value is -0.860. The number of aryl methyl sites for hydroxylation is 1.